The number of aryl methyl sites for hydroxylation is 1. The number of methoxy groups -OCH3 is 2. The van der Waals surface area contributed by atoms with Gasteiger partial charge in [-0.05, 0) is 56.0 Å². The Morgan fingerprint density at radius 1 is 1.12 bits per heavy atom. The molecule has 2 atom stereocenters. The van der Waals surface area contributed by atoms with E-state index in [1.54, 1.807) is 38.5 Å². The van der Waals surface area contributed by atoms with Crippen LogP contribution in [0.2, 0.25) is 0 Å². The van der Waals surface area contributed by atoms with Crippen molar-refractivity contribution in [1.29, 1.82) is 0 Å². The van der Waals surface area contributed by atoms with Gasteiger partial charge in [0.25, 0.3) is 0 Å². The largest absolute Gasteiger partial charge is 0.493 e. The first kappa shape index (κ1) is 24.1. The minimum absolute atomic E-state index is 0.129. The Kier molecular flexibility index (Phi) is 7.79. The Morgan fingerprint density at radius 3 is 2.44 bits per heavy atom. The first-order valence-corrected chi connectivity index (χ1v) is 12.3. The van der Waals surface area contributed by atoms with Gasteiger partial charge in [-0.25, -0.2) is 8.42 Å². The molecule has 1 amide bonds. The minimum atomic E-state index is -3.63. The number of nitrogens with zero attached hydrogens (tertiary/aromatic N) is 1. The summed E-state index contributed by atoms with van der Waals surface area (Å²) in [6.45, 7) is 4.52. The Balaban J connectivity index is 1.72. The zero-order valence-corrected chi connectivity index (χ0v) is 19.9. The van der Waals surface area contributed by atoms with Crippen LogP contribution in [-0.2, 0) is 14.8 Å². The highest BCUT2D eigenvalue weighted by Crippen LogP contribution is 2.31. The molecule has 0 radical (unpaired) electrons. The van der Waals surface area contributed by atoms with Crippen molar-refractivity contribution < 1.29 is 22.7 Å². The van der Waals surface area contributed by atoms with E-state index in [1.165, 1.54) is 4.31 Å². The van der Waals surface area contributed by atoms with Crippen molar-refractivity contribution in [3.05, 3.63) is 53.6 Å². The van der Waals surface area contributed by atoms with Gasteiger partial charge < -0.3 is 14.8 Å². The van der Waals surface area contributed by atoms with Crippen molar-refractivity contribution in [2.24, 2.45) is 5.92 Å². The van der Waals surface area contributed by atoms with Crippen LogP contribution in [0.25, 0.3) is 0 Å². The number of piperidine rings is 1. The molecule has 0 saturated carbocycles. The van der Waals surface area contributed by atoms with Crippen LogP contribution < -0.4 is 14.8 Å². The quantitative estimate of drug-likeness (QED) is 0.650. The van der Waals surface area contributed by atoms with Crippen LogP contribution >= 0.6 is 0 Å². The van der Waals surface area contributed by atoms with Gasteiger partial charge in [-0.3, -0.25) is 4.79 Å². The summed E-state index contributed by atoms with van der Waals surface area (Å²) in [5.74, 6) is 0.709. The van der Waals surface area contributed by atoms with Gasteiger partial charge in [-0.15, -0.1) is 0 Å². The number of amides is 1. The second-order valence-corrected chi connectivity index (χ2v) is 10.0. The number of rotatable bonds is 8. The smallest absolute Gasteiger partial charge is 0.243 e. The first-order valence-electron chi connectivity index (χ1n) is 10.9. The normalized spacial score (nSPS) is 18.1. The third-order valence-corrected chi connectivity index (χ3v) is 7.83. The Morgan fingerprint density at radius 2 is 1.81 bits per heavy atom. The van der Waals surface area contributed by atoms with Crippen LogP contribution in [0.5, 0.6) is 11.5 Å². The predicted molar refractivity (Wildman–Crippen MR) is 123 cm³/mol. The molecular formula is C24H32N2O5S. The van der Waals surface area contributed by atoms with E-state index in [1.807, 2.05) is 32.0 Å². The van der Waals surface area contributed by atoms with E-state index in [9.17, 15) is 13.2 Å². The third kappa shape index (κ3) is 5.24. The molecule has 32 heavy (non-hydrogen) atoms. The molecule has 1 fully saturated rings. The number of sulfonamides is 1. The van der Waals surface area contributed by atoms with Gasteiger partial charge >= 0.3 is 0 Å². The zero-order valence-electron chi connectivity index (χ0n) is 19.1. The van der Waals surface area contributed by atoms with Crippen LogP contribution in [0.3, 0.4) is 0 Å². The molecule has 0 bridgehead atoms. The third-order valence-electron chi connectivity index (χ3n) is 5.95. The lowest BCUT2D eigenvalue weighted by atomic mass is 9.97. The number of nitrogens with one attached hydrogen (secondary N) is 1. The van der Waals surface area contributed by atoms with E-state index in [0.29, 0.717) is 37.3 Å². The molecule has 3 rings (SSSR count). The zero-order chi connectivity index (χ0) is 23.3. The van der Waals surface area contributed by atoms with Crippen molar-refractivity contribution in [3.63, 3.8) is 0 Å². The maximum Gasteiger partial charge on any atom is 0.243 e. The van der Waals surface area contributed by atoms with Gasteiger partial charge in [0.2, 0.25) is 15.9 Å². The summed E-state index contributed by atoms with van der Waals surface area (Å²) in [6, 6.07) is 12.2. The summed E-state index contributed by atoms with van der Waals surface area (Å²) >= 11 is 0. The summed E-state index contributed by atoms with van der Waals surface area (Å²) in [5.41, 5.74) is 1.92. The summed E-state index contributed by atoms with van der Waals surface area (Å²) in [7, 11) is -0.470. The number of ether oxygens (including phenoxy) is 2. The van der Waals surface area contributed by atoms with E-state index in [2.05, 4.69) is 5.32 Å². The lowest BCUT2D eigenvalue weighted by Crippen LogP contribution is -2.46. The fraction of sp³-hybridized carbons (Fsp3) is 0.458. The highest BCUT2D eigenvalue weighted by molar-refractivity contribution is 7.89. The summed E-state index contributed by atoms with van der Waals surface area (Å²) in [5, 5.41) is 3.10. The molecule has 7 nitrogen and oxygen atoms in total. The van der Waals surface area contributed by atoms with Crippen molar-refractivity contribution in [1.82, 2.24) is 9.62 Å². The maximum absolute atomic E-state index is 13.1. The molecule has 8 heteroatoms. The maximum atomic E-state index is 13.1. The van der Waals surface area contributed by atoms with Crippen molar-refractivity contribution in [2.75, 3.05) is 27.3 Å². The van der Waals surface area contributed by atoms with Gasteiger partial charge in [0, 0.05) is 13.1 Å². The van der Waals surface area contributed by atoms with Crippen molar-refractivity contribution in [2.45, 2.75) is 44.0 Å². The number of carbonyl (C=O) groups is 1. The number of carbonyl (C=O) groups excluding carboxylic acids is 1. The Bertz CT molecular complexity index is 1040. The molecule has 1 N–H and O–H groups in total. The molecule has 174 valence electrons. The van der Waals surface area contributed by atoms with E-state index in [0.717, 1.165) is 11.1 Å². The van der Waals surface area contributed by atoms with Crippen LogP contribution in [0.15, 0.2) is 47.4 Å². The van der Waals surface area contributed by atoms with Gasteiger partial charge in [0.1, 0.15) is 0 Å². The molecule has 0 aliphatic carbocycles. The second kappa shape index (κ2) is 10.4. The van der Waals surface area contributed by atoms with Crippen LogP contribution in [0.1, 0.15) is 43.4 Å². The predicted octanol–water partition coefficient (Wildman–Crippen LogP) is 3.68. The van der Waals surface area contributed by atoms with Crippen molar-refractivity contribution >= 4 is 15.9 Å². The topological polar surface area (TPSA) is 84.9 Å². The highest BCUT2D eigenvalue weighted by Gasteiger charge is 2.34. The number of hydrogen-bond donors (Lipinski definition) is 1. The molecule has 1 heterocycles. The van der Waals surface area contributed by atoms with Crippen LogP contribution in [0.4, 0.5) is 0 Å². The molecule has 2 aromatic rings. The average Bonchev–Trinajstić information content (AvgIpc) is 2.82. The fourth-order valence-corrected chi connectivity index (χ4v) is 5.54. The van der Waals surface area contributed by atoms with Gasteiger partial charge in [0.15, 0.2) is 11.5 Å². The Hall–Kier alpha value is -2.58. The van der Waals surface area contributed by atoms with Crippen molar-refractivity contribution in [3.8, 4) is 11.5 Å². The van der Waals surface area contributed by atoms with Crippen LogP contribution in [0, 0.1) is 12.8 Å². The van der Waals surface area contributed by atoms with E-state index in [-0.39, 0.29) is 23.4 Å². The van der Waals surface area contributed by atoms with Gasteiger partial charge in [0.05, 0.1) is 31.1 Å². The standard InChI is InChI=1S/C24H32N2O5S/c1-5-21(18-10-13-22(30-3)23(15-18)31-4)25-24(27)19-7-6-14-26(16-19)32(28,29)20-11-8-17(2)9-12-20/h8-13,15,19,21H,5-7,14,16H2,1-4H3,(H,25,27)/t19-,21-/m0/s1. The summed E-state index contributed by atoms with van der Waals surface area (Å²) < 4.78 is 38.2. The fourth-order valence-electron chi connectivity index (χ4n) is 4.01. The van der Waals surface area contributed by atoms with Crippen LogP contribution in [-0.4, -0.2) is 45.9 Å². The molecule has 1 aliphatic heterocycles. The summed E-state index contributed by atoms with van der Waals surface area (Å²) in [6.07, 6.45) is 2.00. The lowest BCUT2D eigenvalue weighted by Gasteiger charge is -2.32. The first-order chi connectivity index (χ1) is 15.3. The monoisotopic (exact) mass is 460 g/mol. The highest BCUT2D eigenvalue weighted by atomic mass is 32.2. The molecule has 0 aromatic heterocycles. The molecule has 1 aliphatic rings. The molecule has 1 saturated heterocycles. The van der Waals surface area contributed by atoms with E-state index >= 15 is 0 Å². The Labute approximate surface area is 190 Å². The molecule has 2 aromatic carbocycles. The number of benzene rings is 2. The average molecular weight is 461 g/mol. The number of hydrogen-bond acceptors (Lipinski definition) is 5. The SMILES string of the molecule is CC[C@H](NC(=O)[C@H]1CCCN(S(=O)(=O)c2ccc(C)cc2)C1)c1ccc(OC)c(OC)c1. The van der Waals surface area contributed by atoms with Gasteiger partial charge in [-0.1, -0.05) is 30.7 Å². The minimum Gasteiger partial charge on any atom is -0.493 e. The van der Waals surface area contributed by atoms with Gasteiger partial charge in [-0.2, -0.15) is 4.31 Å². The second-order valence-electron chi connectivity index (χ2n) is 8.10. The lowest BCUT2D eigenvalue weighted by molar-refractivity contribution is -0.126. The molecule has 0 unspecified atom stereocenters. The van der Waals surface area contributed by atoms with E-state index < -0.39 is 15.9 Å². The molecular weight excluding hydrogens is 428 g/mol. The molecule has 0 spiro atoms. The van der Waals surface area contributed by atoms with E-state index in [4.69, 9.17) is 9.47 Å². The summed E-state index contributed by atoms with van der Waals surface area (Å²) in [4.78, 5) is 13.3.